The van der Waals surface area contributed by atoms with Crippen LogP contribution < -0.4 is 16.4 Å². The van der Waals surface area contributed by atoms with Crippen LogP contribution in [0.15, 0.2) is 18.2 Å². The molecule has 0 radical (unpaired) electrons. The molecule has 0 fully saturated rings. The van der Waals surface area contributed by atoms with E-state index < -0.39 is 6.03 Å². The summed E-state index contributed by atoms with van der Waals surface area (Å²) in [5.74, 6) is -0.00669. The Morgan fingerprint density at radius 1 is 1.21 bits per heavy atom. The number of hydrogen-bond acceptors (Lipinski definition) is 2. The zero-order valence-corrected chi connectivity index (χ0v) is 11.5. The zero-order chi connectivity index (χ0) is 14.3. The van der Waals surface area contributed by atoms with E-state index in [0.717, 1.165) is 29.7 Å². The molecule has 0 saturated heterocycles. The smallest absolute Gasteiger partial charge is 0.312 e. The van der Waals surface area contributed by atoms with Crippen LogP contribution in [0.1, 0.15) is 30.4 Å². The standard InChI is InChI=1S/C14H21N3O2/c1-10-6-7-11(2)12(9-10)17-13(18)5-3-4-8-16-14(15)19/h6-7,9H,3-5,8H2,1-2H3,(H,17,18)(H3,15,16,19). The van der Waals surface area contributed by atoms with Crippen molar-refractivity contribution in [1.82, 2.24) is 5.32 Å². The first-order valence-electron chi connectivity index (χ1n) is 6.39. The molecule has 0 heterocycles. The number of unbranched alkanes of at least 4 members (excludes halogenated alkanes) is 1. The van der Waals surface area contributed by atoms with Gasteiger partial charge >= 0.3 is 6.03 Å². The van der Waals surface area contributed by atoms with Gasteiger partial charge in [0.1, 0.15) is 0 Å². The van der Waals surface area contributed by atoms with Crippen LogP contribution in [0.3, 0.4) is 0 Å². The number of nitrogens with two attached hydrogens (primary N) is 1. The van der Waals surface area contributed by atoms with Crippen molar-refractivity contribution in [3.05, 3.63) is 29.3 Å². The Hall–Kier alpha value is -2.04. The van der Waals surface area contributed by atoms with Gasteiger partial charge in [-0.2, -0.15) is 0 Å². The number of carbonyl (C=O) groups excluding carboxylic acids is 2. The Morgan fingerprint density at radius 3 is 2.63 bits per heavy atom. The summed E-state index contributed by atoms with van der Waals surface area (Å²) in [4.78, 5) is 22.2. The Kier molecular flexibility index (Phi) is 5.85. The molecule has 0 aliphatic carbocycles. The Morgan fingerprint density at radius 2 is 1.95 bits per heavy atom. The van der Waals surface area contributed by atoms with Crippen LogP contribution in [-0.2, 0) is 4.79 Å². The Balaban J connectivity index is 2.31. The summed E-state index contributed by atoms with van der Waals surface area (Å²) in [6, 6.07) is 5.43. The van der Waals surface area contributed by atoms with Crippen molar-refractivity contribution in [1.29, 1.82) is 0 Å². The molecule has 0 spiro atoms. The summed E-state index contributed by atoms with van der Waals surface area (Å²) in [6.45, 7) is 4.46. The minimum Gasteiger partial charge on any atom is -0.352 e. The minimum absolute atomic E-state index is 0.00669. The third kappa shape index (κ3) is 5.90. The summed E-state index contributed by atoms with van der Waals surface area (Å²) < 4.78 is 0. The second-order valence-electron chi connectivity index (χ2n) is 4.61. The maximum atomic E-state index is 11.7. The van der Waals surface area contributed by atoms with Gasteiger partial charge in [0, 0.05) is 18.7 Å². The molecule has 3 amide bonds. The van der Waals surface area contributed by atoms with Gasteiger partial charge in [0.25, 0.3) is 0 Å². The highest BCUT2D eigenvalue weighted by Gasteiger charge is 2.05. The van der Waals surface area contributed by atoms with Crippen molar-refractivity contribution in [2.75, 3.05) is 11.9 Å². The second kappa shape index (κ2) is 7.41. The van der Waals surface area contributed by atoms with Gasteiger partial charge in [-0.3, -0.25) is 4.79 Å². The number of hydrogen-bond donors (Lipinski definition) is 3. The number of benzene rings is 1. The van der Waals surface area contributed by atoms with Gasteiger partial charge in [-0.15, -0.1) is 0 Å². The van der Waals surface area contributed by atoms with Crippen LogP contribution in [0.25, 0.3) is 0 Å². The molecule has 4 N–H and O–H groups in total. The molecule has 0 unspecified atom stereocenters. The lowest BCUT2D eigenvalue weighted by Gasteiger charge is -2.09. The number of rotatable bonds is 6. The van der Waals surface area contributed by atoms with E-state index in [2.05, 4.69) is 10.6 Å². The van der Waals surface area contributed by atoms with Crippen molar-refractivity contribution in [2.24, 2.45) is 5.73 Å². The maximum absolute atomic E-state index is 11.7. The number of anilines is 1. The lowest BCUT2D eigenvalue weighted by Crippen LogP contribution is -2.30. The van der Waals surface area contributed by atoms with Crippen LogP contribution in [-0.4, -0.2) is 18.5 Å². The van der Waals surface area contributed by atoms with E-state index in [4.69, 9.17) is 5.73 Å². The highest BCUT2D eigenvalue weighted by atomic mass is 16.2. The molecule has 0 aliphatic rings. The van der Waals surface area contributed by atoms with Crippen molar-refractivity contribution >= 4 is 17.6 Å². The molecule has 104 valence electrons. The van der Waals surface area contributed by atoms with Gasteiger partial charge in [0.2, 0.25) is 5.91 Å². The van der Waals surface area contributed by atoms with Crippen molar-refractivity contribution < 1.29 is 9.59 Å². The van der Waals surface area contributed by atoms with E-state index in [-0.39, 0.29) is 5.91 Å². The average molecular weight is 263 g/mol. The summed E-state index contributed by atoms with van der Waals surface area (Å²) in [5, 5.41) is 5.39. The molecule has 0 saturated carbocycles. The van der Waals surface area contributed by atoms with E-state index in [0.29, 0.717) is 13.0 Å². The average Bonchev–Trinajstić information content (AvgIpc) is 2.33. The largest absolute Gasteiger partial charge is 0.352 e. The molecule has 19 heavy (non-hydrogen) atoms. The molecule has 0 aromatic heterocycles. The molecule has 5 nitrogen and oxygen atoms in total. The number of aryl methyl sites for hydroxylation is 2. The Labute approximate surface area is 113 Å². The predicted octanol–water partition coefficient (Wildman–Crippen LogP) is 2.08. The van der Waals surface area contributed by atoms with E-state index in [1.54, 1.807) is 0 Å². The number of primary amides is 1. The van der Waals surface area contributed by atoms with Crippen LogP contribution in [0.5, 0.6) is 0 Å². The molecule has 1 aromatic carbocycles. The number of urea groups is 1. The highest BCUT2D eigenvalue weighted by molar-refractivity contribution is 5.91. The van der Waals surface area contributed by atoms with Crippen LogP contribution in [0, 0.1) is 13.8 Å². The number of carbonyl (C=O) groups is 2. The number of nitrogens with one attached hydrogen (secondary N) is 2. The van der Waals surface area contributed by atoms with Crippen molar-refractivity contribution in [3.8, 4) is 0 Å². The first kappa shape index (κ1) is 15.0. The van der Waals surface area contributed by atoms with Crippen molar-refractivity contribution in [3.63, 3.8) is 0 Å². The summed E-state index contributed by atoms with van der Waals surface area (Å²) in [7, 11) is 0. The predicted molar refractivity (Wildman–Crippen MR) is 76.0 cm³/mol. The van der Waals surface area contributed by atoms with Crippen molar-refractivity contribution in [2.45, 2.75) is 33.1 Å². The third-order valence-corrected chi connectivity index (χ3v) is 2.80. The molecule has 1 rings (SSSR count). The lowest BCUT2D eigenvalue weighted by atomic mass is 10.1. The van der Waals surface area contributed by atoms with Gasteiger partial charge in [-0.1, -0.05) is 12.1 Å². The maximum Gasteiger partial charge on any atom is 0.312 e. The van der Waals surface area contributed by atoms with Gasteiger partial charge in [-0.25, -0.2) is 4.79 Å². The molecule has 5 heteroatoms. The number of amides is 3. The highest BCUT2D eigenvalue weighted by Crippen LogP contribution is 2.16. The monoisotopic (exact) mass is 263 g/mol. The fourth-order valence-electron chi connectivity index (χ4n) is 1.71. The van der Waals surface area contributed by atoms with E-state index in [1.165, 1.54) is 0 Å². The van der Waals surface area contributed by atoms with E-state index in [1.807, 2.05) is 32.0 Å². The van der Waals surface area contributed by atoms with Gasteiger partial charge in [-0.05, 0) is 43.9 Å². The molecular weight excluding hydrogens is 242 g/mol. The third-order valence-electron chi connectivity index (χ3n) is 2.80. The van der Waals surface area contributed by atoms with Crippen LogP contribution in [0.2, 0.25) is 0 Å². The molecular formula is C14H21N3O2. The lowest BCUT2D eigenvalue weighted by molar-refractivity contribution is -0.116. The van der Waals surface area contributed by atoms with E-state index >= 15 is 0 Å². The quantitative estimate of drug-likeness (QED) is 0.686. The molecule has 1 aromatic rings. The summed E-state index contributed by atoms with van der Waals surface area (Å²) in [5.41, 5.74) is 7.97. The fourth-order valence-corrected chi connectivity index (χ4v) is 1.71. The SMILES string of the molecule is Cc1ccc(C)c(NC(=O)CCCCNC(N)=O)c1. The molecule has 0 aliphatic heterocycles. The normalized spacial score (nSPS) is 10.0. The summed E-state index contributed by atoms with van der Waals surface area (Å²) in [6.07, 6.45) is 1.90. The van der Waals surface area contributed by atoms with Crippen LogP contribution >= 0.6 is 0 Å². The molecule has 0 bridgehead atoms. The van der Waals surface area contributed by atoms with Gasteiger partial charge < -0.3 is 16.4 Å². The molecule has 0 atom stereocenters. The second-order valence-corrected chi connectivity index (χ2v) is 4.61. The van der Waals surface area contributed by atoms with Crippen LogP contribution in [0.4, 0.5) is 10.5 Å². The van der Waals surface area contributed by atoms with Gasteiger partial charge in [0.15, 0.2) is 0 Å². The fraction of sp³-hybridized carbons (Fsp3) is 0.429. The zero-order valence-electron chi connectivity index (χ0n) is 11.5. The first-order valence-corrected chi connectivity index (χ1v) is 6.39. The topological polar surface area (TPSA) is 84.2 Å². The first-order chi connectivity index (χ1) is 8.99. The summed E-state index contributed by atoms with van der Waals surface area (Å²) >= 11 is 0. The minimum atomic E-state index is -0.528. The Bertz CT molecular complexity index is 458. The van der Waals surface area contributed by atoms with Gasteiger partial charge in [0.05, 0.1) is 0 Å². The van der Waals surface area contributed by atoms with E-state index in [9.17, 15) is 9.59 Å².